The topological polar surface area (TPSA) is 45.0 Å². The number of nitrogens with zero attached hydrogens (tertiary/aromatic N) is 3. The number of imide groups is 1. The van der Waals surface area contributed by atoms with Crippen LogP contribution >= 0.6 is 23.2 Å². The van der Waals surface area contributed by atoms with Crippen LogP contribution in [0, 0.1) is 6.57 Å². The van der Waals surface area contributed by atoms with Crippen LogP contribution < -0.4 is 4.90 Å². The zero-order chi connectivity index (χ0) is 19.2. The molecule has 0 N–H and O–H groups in total. The molecule has 2 saturated heterocycles. The largest absolute Gasteiger partial charge is 0.332 e. The SMILES string of the molecule is [C-]#[N+]c1ccc(CC23CCCN2C(=O)N(c2cc(Cl)cc(Cl)c2)C3=O)cc1. The highest BCUT2D eigenvalue weighted by molar-refractivity contribution is 6.35. The molecule has 0 bridgehead atoms. The third-order valence-corrected chi connectivity index (χ3v) is 5.62. The summed E-state index contributed by atoms with van der Waals surface area (Å²) in [4.78, 5) is 32.7. The number of carbonyl (C=O) groups is 2. The zero-order valence-corrected chi connectivity index (χ0v) is 15.8. The van der Waals surface area contributed by atoms with Crippen molar-refractivity contribution in [1.82, 2.24) is 4.90 Å². The number of rotatable bonds is 3. The fourth-order valence-electron chi connectivity index (χ4n) is 3.98. The number of hydrogen-bond donors (Lipinski definition) is 0. The summed E-state index contributed by atoms with van der Waals surface area (Å²) in [6.07, 6.45) is 1.80. The lowest BCUT2D eigenvalue weighted by atomic mass is 9.88. The van der Waals surface area contributed by atoms with E-state index < -0.39 is 5.54 Å². The maximum Gasteiger partial charge on any atom is 0.332 e. The first-order chi connectivity index (χ1) is 12.9. The Hall–Kier alpha value is -2.55. The van der Waals surface area contributed by atoms with E-state index in [4.69, 9.17) is 29.8 Å². The third kappa shape index (κ3) is 2.86. The molecule has 1 atom stereocenters. The summed E-state index contributed by atoms with van der Waals surface area (Å²) in [7, 11) is 0. The van der Waals surface area contributed by atoms with Gasteiger partial charge in [-0.2, -0.15) is 0 Å². The lowest BCUT2D eigenvalue weighted by Crippen LogP contribution is -2.47. The van der Waals surface area contributed by atoms with Crippen molar-refractivity contribution >= 4 is 46.5 Å². The van der Waals surface area contributed by atoms with Gasteiger partial charge in [0.05, 0.1) is 12.3 Å². The Labute approximate surface area is 166 Å². The smallest absolute Gasteiger partial charge is 0.309 e. The van der Waals surface area contributed by atoms with Crippen LogP contribution in [0.25, 0.3) is 4.85 Å². The van der Waals surface area contributed by atoms with Crippen molar-refractivity contribution in [2.24, 2.45) is 0 Å². The lowest BCUT2D eigenvalue weighted by molar-refractivity contribution is -0.123. The first kappa shape index (κ1) is 17.8. The van der Waals surface area contributed by atoms with E-state index in [1.54, 1.807) is 35.2 Å². The van der Waals surface area contributed by atoms with Crippen molar-refractivity contribution in [2.75, 3.05) is 11.4 Å². The highest BCUT2D eigenvalue weighted by Gasteiger charge is 2.59. The molecular formula is C20H15Cl2N3O2. The minimum atomic E-state index is -0.897. The monoisotopic (exact) mass is 399 g/mol. The van der Waals surface area contributed by atoms with Crippen LogP contribution in [0.15, 0.2) is 42.5 Å². The Balaban J connectivity index is 1.72. The average molecular weight is 400 g/mol. The van der Waals surface area contributed by atoms with E-state index >= 15 is 0 Å². The molecule has 5 nitrogen and oxygen atoms in total. The van der Waals surface area contributed by atoms with Crippen molar-refractivity contribution in [3.63, 3.8) is 0 Å². The molecule has 0 radical (unpaired) electrons. The number of amides is 3. The summed E-state index contributed by atoms with van der Waals surface area (Å²) >= 11 is 12.1. The fraction of sp³-hybridized carbons (Fsp3) is 0.250. The second-order valence-corrected chi connectivity index (χ2v) is 7.67. The lowest BCUT2D eigenvalue weighted by Gasteiger charge is -2.28. The molecule has 2 heterocycles. The minimum Gasteiger partial charge on any atom is -0.309 e. The number of fused-ring (bicyclic) bond motifs is 1. The van der Waals surface area contributed by atoms with Gasteiger partial charge in [0.15, 0.2) is 5.69 Å². The Kier molecular flexibility index (Phi) is 4.33. The Morgan fingerprint density at radius 3 is 2.37 bits per heavy atom. The van der Waals surface area contributed by atoms with E-state index in [-0.39, 0.29) is 11.9 Å². The third-order valence-electron chi connectivity index (χ3n) is 5.18. The molecule has 0 aliphatic carbocycles. The highest BCUT2D eigenvalue weighted by Crippen LogP contribution is 2.43. The van der Waals surface area contributed by atoms with Gasteiger partial charge in [-0.15, -0.1) is 0 Å². The second-order valence-electron chi connectivity index (χ2n) is 6.79. The van der Waals surface area contributed by atoms with Crippen molar-refractivity contribution in [3.8, 4) is 0 Å². The molecule has 3 amide bonds. The quantitative estimate of drug-likeness (QED) is 0.532. The van der Waals surface area contributed by atoms with Gasteiger partial charge in [0.2, 0.25) is 0 Å². The van der Waals surface area contributed by atoms with Crippen LogP contribution in [0.2, 0.25) is 10.0 Å². The zero-order valence-electron chi connectivity index (χ0n) is 14.3. The number of halogens is 2. The van der Waals surface area contributed by atoms with Crippen molar-refractivity contribution in [1.29, 1.82) is 0 Å². The second kappa shape index (κ2) is 6.56. The van der Waals surface area contributed by atoms with Crippen LogP contribution in [0.5, 0.6) is 0 Å². The maximum absolute atomic E-state index is 13.4. The molecule has 0 saturated carbocycles. The van der Waals surface area contributed by atoms with Crippen LogP contribution in [0.3, 0.4) is 0 Å². The molecule has 0 aromatic heterocycles. The first-order valence-corrected chi connectivity index (χ1v) is 9.29. The van der Waals surface area contributed by atoms with Crippen LogP contribution in [0.4, 0.5) is 16.2 Å². The molecule has 2 aliphatic rings. The number of anilines is 1. The van der Waals surface area contributed by atoms with E-state index in [9.17, 15) is 9.59 Å². The molecule has 7 heteroatoms. The summed E-state index contributed by atoms with van der Waals surface area (Å²) in [5, 5.41) is 0.739. The summed E-state index contributed by atoms with van der Waals surface area (Å²) in [5.41, 5.74) is 0.954. The van der Waals surface area contributed by atoms with Gasteiger partial charge in [0.1, 0.15) is 5.54 Å². The van der Waals surface area contributed by atoms with E-state index in [1.807, 2.05) is 12.1 Å². The van der Waals surface area contributed by atoms with E-state index in [0.29, 0.717) is 40.8 Å². The maximum atomic E-state index is 13.4. The molecular weight excluding hydrogens is 385 g/mol. The fourth-order valence-corrected chi connectivity index (χ4v) is 4.49. The first-order valence-electron chi connectivity index (χ1n) is 8.53. The molecule has 136 valence electrons. The van der Waals surface area contributed by atoms with Gasteiger partial charge >= 0.3 is 6.03 Å². The van der Waals surface area contributed by atoms with Crippen LogP contribution in [-0.2, 0) is 11.2 Å². The van der Waals surface area contributed by atoms with Gasteiger partial charge in [-0.3, -0.25) is 4.79 Å². The number of hydrogen-bond acceptors (Lipinski definition) is 2. The summed E-state index contributed by atoms with van der Waals surface area (Å²) in [6, 6.07) is 11.5. The Bertz CT molecular complexity index is 963. The number of urea groups is 1. The van der Waals surface area contributed by atoms with Crippen LogP contribution in [0.1, 0.15) is 18.4 Å². The molecule has 4 rings (SSSR count). The molecule has 2 aromatic carbocycles. The van der Waals surface area contributed by atoms with Crippen molar-refractivity contribution in [2.45, 2.75) is 24.8 Å². The van der Waals surface area contributed by atoms with E-state index in [1.165, 1.54) is 4.90 Å². The van der Waals surface area contributed by atoms with E-state index in [2.05, 4.69) is 4.85 Å². The van der Waals surface area contributed by atoms with Gasteiger partial charge in [0.25, 0.3) is 5.91 Å². The molecule has 2 aromatic rings. The molecule has 2 aliphatic heterocycles. The van der Waals surface area contributed by atoms with Gasteiger partial charge in [-0.25, -0.2) is 14.5 Å². The number of benzene rings is 2. The minimum absolute atomic E-state index is 0.252. The van der Waals surface area contributed by atoms with Gasteiger partial charge in [-0.1, -0.05) is 47.5 Å². The average Bonchev–Trinajstić information content (AvgIpc) is 3.13. The standard InChI is InChI=1S/C20H15Cl2N3O2/c1-23-16-5-3-13(4-6-16)12-20-7-2-8-24(20)19(27)25(18(20)26)17-10-14(21)9-15(22)11-17/h3-6,9-11H,2,7-8,12H2. The van der Waals surface area contributed by atoms with E-state index in [0.717, 1.165) is 12.0 Å². The normalized spacial score (nSPS) is 21.5. The highest BCUT2D eigenvalue weighted by atomic mass is 35.5. The number of carbonyl (C=O) groups excluding carboxylic acids is 2. The Morgan fingerprint density at radius 1 is 1.07 bits per heavy atom. The molecule has 1 unspecified atom stereocenters. The van der Waals surface area contributed by atoms with Crippen LogP contribution in [-0.4, -0.2) is 28.9 Å². The van der Waals surface area contributed by atoms with Gasteiger partial charge in [0, 0.05) is 23.0 Å². The van der Waals surface area contributed by atoms with Crippen molar-refractivity contribution < 1.29 is 9.59 Å². The predicted octanol–water partition coefficient (Wildman–Crippen LogP) is 5.09. The molecule has 27 heavy (non-hydrogen) atoms. The summed E-state index contributed by atoms with van der Waals surface area (Å²) in [6.45, 7) is 7.60. The van der Waals surface area contributed by atoms with Gasteiger partial charge < -0.3 is 4.90 Å². The molecule has 2 fully saturated rings. The van der Waals surface area contributed by atoms with Crippen molar-refractivity contribution in [3.05, 3.63) is 69.5 Å². The molecule has 0 spiro atoms. The summed E-state index contributed by atoms with van der Waals surface area (Å²) < 4.78 is 0. The predicted molar refractivity (Wildman–Crippen MR) is 104 cm³/mol. The summed E-state index contributed by atoms with van der Waals surface area (Å²) in [5.74, 6) is -0.252. The Morgan fingerprint density at radius 2 is 1.74 bits per heavy atom. The van der Waals surface area contributed by atoms with Gasteiger partial charge in [-0.05, 0) is 36.6 Å².